The van der Waals surface area contributed by atoms with E-state index in [2.05, 4.69) is 21.6 Å². The number of anilines is 2. The first kappa shape index (κ1) is 23.1. The van der Waals surface area contributed by atoms with Crippen LogP contribution in [0.3, 0.4) is 0 Å². The van der Waals surface area contributed by atoms with Gasteiger partial charge < -0.3 is 25.2 Å². The average molecular weight is 451 g/mol. The first-order valence-corrected chi connectivity index (χ1v) is 11.9. The Kier molecular flexibility index (Phi) is 7.50. The Balaban J connectivity index is 1.28. The molecule has 1 atom stereocenters. The molecule has 0 unspecified atom stereocenters. The molecule has 0 aromatic heterocycles. The van der Waals surface area contributed by atoms with Gasteiger partial charge >= 0.3 is 0 Å². The van der Waals surface area contributed by atoms with E-state index in [4.69, 9.17) is 4.74 Å². The maximum atomic E-state index is 12.7. The number of carbonyl (C=O) groups excluding carboxylic acids is 2. The molecule has 2 aliphatic heterocycles. The van der Waals surface area contributed by atoms with Gasteiger partial charge in [0.25, 0.3) is 5.91 Å². The lowest BCUT2D eigenvalue weighted by Gasteiger charge is -2.34. The van der Waals surface area contributed by atoms with Crippen LogP contribution in [0.25, 0.3) is 0 Å². The summed E-state index contributed by atoms with van der Waals surface area (Å²) in [5.41, 5.74) is 2.41. The molecule has 2 aromatic rings. The Morgan fingerprint density at radius 1 is 1.12 bits per heavy atom. The van der Waals surface area contributed by atoms with Crippen molar-refractivity contribution in [3.05, 3.63) is 54.1 Å². The molecule has 0 aliphatic carbocycles. The summed E-state index contributed by atoms with van der Waals surface area (Å²) in [6.45, 7) is 6.58. The number of likely N-dealkylation sites (tertiary alicyclic amines) is 1. The molecule has 0 radical (unpaired) electrons. The van der Waals surface area contributed by atoms with Crippen molar-refractivity contribution < 1.29 is 14.3 Å². The van der Waals surface area contributed by atoms with Gasteiger partial charge in [-0.25, -0.2) is 0 Å². The van der Waals surface area contributed by atoms with Gasteiger partial charge in [0.2, 0.25) is 5.91 Å². The van der Waals surface area contributed by atoms with Gasteiger partial charge in [-0.3, -0.25) is 9.59 Å². The lowest BCUT2D eigenvalue weighted by molar-refractivity contribution is -0.127. The van der Waals surface area contributed by atoms with Crippen LogP contribution < -0.4 is 20.3 Å². The van der Waals surface area contributed by atoms with E-state index in [-0.39, 0.29) is 11.8 Å². The van der Waals surface area contributed by atoms with Gasteiger partial charge in [-0.2, -0.15) is 0 Å². The van der Waals surface area contributed by atoms with Crippen molar-refractivity contribution in [3.8, 4) is 5.75 Å². The number of methoxy groups -OCH3 is 1. The number of piperidine rings is 1. The van der Waals surface area contributed by atoms with Crippen LogP contribution in [-0.4, -0.2) is 62.6 Å². The predicted molar refractivity (Wildman–Crippen MR) is 131 cm³/mol. The Morgan fingerprint density at radius 2 is 1.91 bits per heavy atom. The highest BCUT2D eigenvalue weighted by Crippen LogP contribution is 2.25. The molecule has 2 heterocycles. The highest BCUT2D eigenvalue weighted by molar-refractivity contribution is 6.06. The first-order chi connectivity index (χ1) is 16.1. The summed E-state index contributed by atoms with van der Waals surface area (Å²) in [5.74, 6) is 1.10. The Labute approximate surface area is 196 Å². The molecular weight excluding hydrogens is 416 g/mol. The van der Waals surface area contributed by atoms with Crippen LogP contribution in [0.1, 0.15) is 36.5 Å². The molecule has 0 bridgehead atoms. The summed E-state index contributed by atoms with van der Waals surface area (Å²) in [4.78, 5) is 29.0. The summed E-state index contributed by atoms with van der Waals surface area (Å²) in [7, 11) is 1.57. The number of hydrogen-bond donors (Lipinski definition) is 2. The summed E-state index contributed by atoms with van der Waals surface area (Å²) in [5, 5.41) is 6.69. The molecular formula is C26H34N4O3. The number of carbonyl (C=O) groups is 2. The molecule has 2 amide bonds. The summed E-state index contributed by atoms with van der Waals surface area (Å²) in [6, 6.07) is 15.7. The minimum absolute atomic E-state index is 0.181. The third-order valence-electron chi connectivity index (χ3n) is 6.69. The zero-order valence-electron chi connectivity index (χ0n) is 19.5. The van der Waals surface area contributed by atoms with Crippen molar-refractivity contribution in [1.82, 2.24) is 10.2 Å². The molecule has 33 heavy (non-hydrogen) atoms. The fourth-order valence-corrected chi connectivity index (χ4v) is 4.78. The highest BCUT2D eigenvalue weighted by Gasteiger charge is 2.29. The second kappa shape index (κ2) is 10.7. The Hall–Kier alpha value is -3.06. The molecule has 7 heteroatoms. The largest absolute Gasteiger partial charge is 0.496 e. The Morgan fingerprint density at radius 3 is 2.64 bits per heavy atom. The van der Waals surface area contributed by atoms with Gasteiger partial charge in [0, 0.05) is 56.6 Å². The number of nitrogens with zero attached hydrogens (tertiary/aromatic N) is 2. The molecule has 2 fully saturated rings. The second-order valence-electron chi connectivity index (χ2n) is 8.88. The molecule has 2 saturated heterocycles. The smallest absolute Gasteiger partial charge is 0.259 e. The number of nitrogens with one attached hydrogen (secondary N) is 2. The highest BCUT2D eigenvalue weighted by atomic mass is 16.5. The van der Waals surface area contributed by atoms with Crippen LogP contribution in [0.15, 0.2) is 48.5 Å². The number of para-hydroxylation sites is 1. The van der Waals surface area contributed by atoms with Crippen molar-refractivity contribution in [2.45, 2.75) is 32.2 Å². The lowest BCUT2D eigenvalue weighted by Crippen LogP contribution is -2.44. The first-order valence-electron chi connectivity index (χ1n) is 11.9. The standard InChI is InChI=1S/C26H34N4O3/c1-3-29-18-19(15-25(29)31)17-27-20-11-13-30(14-12-20)22-8-6-7-21(16-22)28-26(32)23-9-4-5-10-24(23)33-2/h4-10,16,19-20,27H,3,11-15,17-18H2,1-2H3,(H,28,32)/t19-/m0/s1. The van der Waals surface area contributed by atoms with Gasteiger partial charge in [-0.05, 0) is 56.0 Å². The maximum Gasteiger partial charge on any atom is 0.259 e. The van der Waals surface area contributed by atoms with Gasteiger partial charge in [-0.15, -0.1) is 0 Å². The summed E-state index contributed by atoms with van der Waals surface area (Å²) in [6.07, 6.45) is 2.80. The number of hydrogen-bond acceptors (Lipinski definition) is 5. The van der Waals surface area contributed by atoms with E-state index >= 15 is 0 Å². The summed E-state index contributed by atoms with van der Waals surface area (Å²) >= 11 is 0. The number of benzene rings is 2. The van der Waals surface area contributed by atoms with Crippen molar-refractivity contribution in [2.24, 2.45) is 5.92 Å². The fraction of sp³-hybridized carbons (Fsp3) is 0.462. The zero-order valence-corrected chi connectivity index (χ0v) is 19.5. The molecule has 4 rings (SSSR count). The molecule has 2 aliphatic rings. The van der Waals surface area contributed by atoms with E-state index in [0.29, 0.717) is 29.7 Å². The van der Waals surface area contributed by atoms with Crippen LogP contribution in [0.4, 0.5) is 11.4 Å². The third kappa shape index (κ3) is 5.66. The van der Waals surface area contributed by atoms with Gasteiger partial charge in [0.1, 0.15) is 5.75 Å². The quantitative estimate of drug-likeness (QED) is 0.645. The molecule has 2 aromatic carbocycles. The van der Waals surface area contributed by atoms with Crippen LogP contribution in [0.2, 0.25) is 0 Å². The minimum Gasteiger partial charge on any atom is -0.496 e. The van der Waals surface area contributed by atoms with E-state index in [1.807, 2.05) is 42.2 Å². The van der Waals surface area contributed by atoms with Crippen LogP contribution in [0, 0.1) is 5.92 Å². The lowest BCUT2D eigenvalue weighted by atomic mass is 10.0. The molecule has 2 N–H and O–H groups in total. The zero-order chi connectivity index (χ0) is 23.2. The van der Waals surface area contributed by atoms with Crippen LogP contribution in [-0.2, 0) is 4.79 Å². The van der Waals surface area contributed by atoms with Crippen LogP contribution >= 0.6 is 0 Å². The van der Waals surface area contributed by atoms with E-state index in [1.54, 1.807) is 19.2 Å². The van der Waals surface area contributed by atoms with Crippen molar-refractivity contribution in [2.75, 3.05) is 50.1 Å². The minimum atomic E-state index is -0.181. The van der Waals surface area contributed by atoms with E-state index < -0.39 is 0 Å². The topological polar surface area (TPSA) is 73.9 Å². The molecule has 0 spiro atoms. The third-order valence-corrected chi connectivity index (χ3v) is 6.69. The number of rotatable bonds is 8. The SMILES string of the molecule is CCN1C[C@H](CNC2CCN(c3cccc(NC(=O)c4ccccc4OC)c3)CC2)CC1=O. The Bertz CT molecular complexity index is 972. The van der Waals surface area contributed by atoms with E-state index in [1.165, 1.54) is 0 Å². The predicted octanol–water partition coefficient (Wildman–Crippen LogP) is 3.37. The van der Waals surface area contributed by atoms with Crippen molar-refractivity contribution in [1.29, 1.82) is 0 Å². The van der Waals surface area contributed by atoms with E-state index in [0.717, 1.165) is 56.9 Å². The van der Waals surface area contributed by atoms with Gasteiger partial charge in [0.05, 0.1) is 12.7 Å². The molecule has 7 nitrogen and oxygen atoms in total. The van der Waals surface area contributed by atoms with Crippen molar-refractivity contribution in [3.63, 3.8) is 0 Å². The number of amides is 2. The van der Waals surface area contributed by atoms with Crippen LogP contribution in [0.5, 0.6) is 5.75 Å². The fourth-order valence-electron chi connectivity index (χ4n) is 4.78. The molecule has 176 valence electrons. The second-order valence-corrected chi connectivity index (χ2v) is 8.88. The number of ether oxygens (including phenoxy) is 1. The summed E-state index contributed by atoms with van der Waals surface area (Å²) < 4.78 is 5.31. The maximum absolute atomic E-state index is 12.7. The van der Waals surface area contributed by atoms with Gasteiger partial charge in [-0.1, -0.05) is 18.2 Å². The normalized spacial score (nSPS) is 19.1. The van der Waals surface area contributed by atoms with Gasteiger partial charge in [0.15, 0.2) is 0 Å². The van der Waals surface area contributed by atoms with E-state index in [9.17, 15) is 9.59 Å². The average Bonchev–Trinajstić information content (AvgIpc) is 3.22. The van der Waals surface area contributed by atoms with Crippen molar-refractivity contribution >= 4 is 23.2 Å². The molecule has 0 saturated carbocycles. The monoisotopic (exact) mass is 450 g/mol.